The number of allylic oxidation sites excluding steroid dienone is 8. The van der Waals surface area contributed by atoms with Crippen LogP contribution < -0.4 is 10.2 Å². The van der Waals surface area contributed by atoms with E-state index in [0.29, 0.717) is 35.1 Å². The number of anilines is 1. The van der Waals surface area contributed by atoms with Gasteiger partial charge in [-0.25, -0.2) is 4.39 Å². The Labute approximate surface area is 418 Å². The number of halogens is 1. The van der Waals surface area contributed by atoms with Crippen LogP contribution >= 0.6 is 0 Å². The number of hydrogen-bond acceptors (Lipinski definition) is 5. The predicted octanol–water partition coefficient (Wildman–Crippen LogP) is 18.0. The summed E-state index contributed by atoms with van der Waals surface area (Å²) < 4.78 is 19.8. The molecule has 1 aromatic rings. The number of fused-ring (bicyclic) bond motifs is 1. The Morgan fingerprint density at radius 3 is 1.93 bits per heavy atom. The van der Waals surface area contributed by atoms with Crippen molar-refractivity contribution in [1.82, 2.24) is 5.32 Å². The third kappa shape index (κ3) is 21.8. The molecule has 2 unspecified atom stereocenters. The van der Waals surface area contributed by atoms with E-state index in [9.17, 15) is 14.0 Å². The molecule has 386 valence electrons. The fourth-order valence-corrected chi connectivity index (χ4v) is 8.65. The van der Waals surface area contributed by atoms with Crippen LogP contribution in [-0.2, 0) is 19.7 Å². The van der Waals surface area contributed by atoms with Crippen LogP contribution in [0.3, 0.4) is 0 Å². The van der Waals surface area contributed by atoms with E-state index in [4.69, 9.17) is 9.73 Å². The molecular weight excluding hydrogens is 842 g/mol. The molecule has 68 heavy (non-hydrogen) atoms. The Morgan fingerprint density at radius 2 is 1.53 bits per heavy atom. The molecule has 1 amide bonds. The number of carbonyl (C=O) groups excluding carboxylic acids is 2. The van der Waals surface area contributed by atoms with Gasteiger partial charge in [0.1, 0.15) is 12.1 Å². The second-order valence-electron chi connectivity index (χ2n) is 21.1. The lowest BCUT2D eigenvalue weighted by atomic mass is 9.73. The summed E-state index contributed by atoms with van der Waals surface area (Å²) >= 11 is 0. The highest BCUT2D eigenvalue weighted by Gasteiger charge is 2.53. The Morgan fingerprint density at radius 1 is 0.971 bits per heavy atom. The minimum atomic E-state index is -0.443. The van der Waals surface area contributed by atoms with Crippen LogP contribution in [-0.4, -0.2) is 36.7 Å². The molecule has 1 aromatic carbocycles. The molecular formula is C61H102FN3O3. The lowest BCUT2D eigenvalue weighted by Crippen LogP contribution is -2.50. The van der Waals surface area contributed by atoms with E-state index in [-0.39, 0.29) is 12.0 Å². The third-order valence-electron chi connectivity index (χ3n) is 12.8. The van der Waals surface area contributed by atoms with Crippen molar-refractivity contribution in [3.05, 3.63) is 95.3 Å². The number of aldehydes is 1. The largest absolute Gasteiger partial charge is 0.376 e. The molecule has 2 heterocycles. The summed E-state index contributed by atoms with van der Waals surface area (Å²) in [5.74, 6) is 1.62. The van der Waals surface area contributed by atoms with Gasteiger partial charge in [0.15, 0.2) is 0 Å². The van der Waals surface area contributed by atoms with Crippen molar-refractivity contribution in [3.63, 3.8) is 0 Å². The summed E-state index contributed by atoms with van der Waals surface area (Å²) in [6.07, 6.45) is 26.1. The summed E-state index contributed by atoms with van der Waals surface area (Å²) in [4.78, 5) is 30.7. The number of rotatable bonds is 20. The van der Waals surface area contributed by atoms with E-state index in [2.05, 4.69) is 125 Å². The topological polar surface area (TPSA) is 71.0 Å². The molecule has 3 aliphatic rings. The quantitative estimate of drug-likeness (QED) is 0.0803. The maximum atomic E-state index is 14.4. The van der Waals surface area contributed by atoms with Crippen molar-refractivity contribution >= 4 is 29.7 Å². The van der Waals surface area contributed by atoms with Gasteiger partial charge in [0.25, 0.3) is 0 Å². The number of nitrogens with one attached hydrogen (secondary N) is 1. The highest BCUT2D eigenvalue weighted by Crippen LogP contribution is 2.52. The molecule has 2 atom stereocenters. The van der Waals surface area contributed by atoms with E-state index < -0.39 is 11.2 Å². The molecule has 7 heteroatoms. The number of nitrogens with zero attached hydrogens (tertiary/aromatic N) is 2. The Balaban J connectivity index is 0.00000151. The fraction of sp³-hybridized carbons (Fsp3) is 0.656. The summed E-state index contributed by atoms with van der Waals surface area (Å²) in [6, 6.07) is 6.76. The summed E-state index contributed by atoms with van der Waals surface area (Å²) in [5.41, 5.74) is 6.95. The van der Waals surface area contributed by atoms with E-state index in [0.717, 1.165) is 90.9 Å². The van der Waals surface area contributed by atoms with Crippen molar-refractivity contribution in [2.45, 2.75) is 238 Å². The van der Waals surface area contributed by atoms with Crippen LogP contribution in [0.5, 0.6) is 0 Å². The maximum Gasteiger partial charge on any atom is 0.237 e. The van der Waals surface area contributed by atoms with Crippen molar-refractivity contribution in [3.8, 4) is 0 Å². The van der Waals surface area contributed by atoms with Crippen LogP contribution in [0.1, 0.15) is 226 Å². The van der Waals surface area contributed by atoms with E-state index in [1.165, 1.54) is 56.6 Å². The molecule has 1 saturated heterocycles. The molecule has 1 N–H and O–H groups in total. The molecule has 1 aliphatic carbocycles. The molecule has 2 fully saturated rings. The average molecular weight is 945 g/mol. The standard InChI is InChI=1S/C39H54FN3O.C8H18.C6H12O.C4H8O.C4H10/c1-10-16-30-24-32(25-30)43-37-26-31(18-19-33(37)39(20-12-3,21-13-4)38(43)44)27(7)23-36(41-22-14-5)28(8)29(9)42-35(17-11-2)34(40)15-6;1-5-7-8(3,4)6-2;1-5-3-4-6(2)7-5;1-4(2)3-5;1-4(2)3/h11,15,17-19,22-23,26,30,32,42H,6-7,10,12-14,16,20-21,24-25H2,1-5,8-9H3;5-7H2,1-4H3;5-6H,3-4H2,1-2H3;3-4H,1-2H3;4H,1-3H3/b17-11-,29-28+,35-34-,36-23+,41-22?;;;;. The van der Waals surface area contributed by atoms with Crippen LogP contribution in [0.4, 0.5) is 10.1 Å². The van der Waals surface area contributed by atoms with Gasteiger partial charge in [-0.2, -0.15) is 0 Å². The minimum absolute atomic E-state index is 0.204. The fourth-order valence-electron chi connectivity index (χ4n) is 8.65. The van der Waals surface area contributed by atoms with Crippen molar-refractivity contribution in [1.29, 1.82) is 0 Å². The SMILES string of the molecule is C=C/C(F)=C(\C=C/C)N/C(C)=C(C)/C(=C\C(=C)c1ccc2c(c1)N(C1CC(CCC)C1)C(=O)C2(CCC)CCC)N=CCC.CC(C)C.CC(C)C=O.CC1CCC(C)O1.CCCC(C)(C)CC. The van der Waals surface area contributed by atoms with Crippen molar-refractivity contribution in [2.75, 3.05) is 4.90 Å². The zero-order valence-electron chi connectivity index (χ0n) is 47.0. The van der Waals surface area contributed by atoms with Crippen LogP contribution in [0.25, 0.3) is 5.57 Å². The van der Waals surface area contributed by atoms with Gasteiger partial charge in [0, 0.05) is 29.6 Å². The van der Waals surface area contributed by atoms with Gasteiger partial charge in [-0.3, -0.25) is 9.79 Å². The predicted molar refractivity (Wildman–Crippen MR) is 297 cm³/mol. The normalized spacial score (nSPS) is 20.4. The number of aliphatic imine (C=N–C) groups is 1. The molecule has 0 bridgehead atoms. The second kappa shape index (κ2) is 33.7. The Hall–Kier alpha value is -3.84. The smallest absolute Gasteiger partial charge is 0.237 e. The first-order chi connectivity index (χ1) is 32.0. The molecule has 0 spiro atoms. The second-order valence-corrected chi connectivity index (χ2v) is 21.1. The van der Waals surface area contributed by atoms with E-state index in [1.54, 1.807) is 12.2 Å². The van der Waals surface area contributed by atoms with Crippen molar-refractivity contribution in [2.24, 2.45) is 28.2 Å². The van der Waals surface area contributed by atoms with Crippen LogP contribution in [0.2, 0.25) is 0 Å². The Kier molecular flexibility index (Phi) is 31.8. The number of ether oxygens (including phenoxy) is 1. The molecule has 0 radical (unpaired) electrons. The van der Waals surface area contributed by atoms with Gasteiger partial charge >= 0.3 is 0 Å². The van der Waals surface area contributed by atoms with Gasteiger partial charge in [0.05, 0.1) is 29.0 Å². The van der Waals surface area contributed by atoms with Gasteiger partial charge in [0.2, 0.25) is 5.91 Å². The molecule has 6 nitrogen and oxygen atoms in total. The maximum absolute atomic E-state index is 14.4. The zero-order chi connectivity index (χ0) is 52.2. The van der Waals surface area contributed by atoms with Gasteiger partial charge < -0.3 is 19.7 Å². The summed E-state index contributed by atoms with van der Waals surface area (Å²) in [7, 11) is 0. The molecule has 0 aromatic heterocycles. The minimum Gasteiger partial charge on any atom is -0.376 e. The average Bonchev–Trinajstić information content (AvgIpc) is 3.77. The highest BCUT2D eigenvalue weighted by molar-refractivity contribution is 6.09. The zero-order valence-corrected chi connectivity index (χ0v) is 47.0. The van der Waals surface area contributed by atoms with Crippen LogP contribution in [0.15, 0.2) is 89.1 Å². The van der Waals surface area contributed by atoms with Gasteiger partial charge in [-0.15, -0.1) is 0 Å². The van der Waals surface area contributed by atoms with Gasteiger partial charge in [-0.1, -0.05) is 160 Å². The first-order valence-electron chi connectivity index (χ1n) is 26.7. The van der Waals surface area contributed by atoms with E-state index in [1.807, 2.05) is 53.8 Å². The highest BCUT2D eigenvalue weighted by atomic mass is 19.1. The molecule has 1 saturated carbocycles. The number of hydrogen-bond donors (Lipinski definition) is 1. The summed E-state index contributed by atoms with van der Waals surface area (Å²) in [5, 5.41) is 3.19. The monoisotopic (exact) mass is 944 g/mol. The Bertz CT molecular complexity index is 1810. The molecule has 2 aliphatic heterocycles. The lowest BCUT2D eigenvalue weighted by Gasteiger charge is -2.42. The van der Waals surface area contributed by atoms with Crippen molar-refractivity contribution < 1.29 is 18.7 Å². The van der Waals surface area contributed by atoms with E-state index >= 15 is 0 Å². The van der Waals surface area contributed by atoms with Crippen LogP contribution in [0, 0.1) is 23.2 Å². The number of benzene rings is 1. The number of amides is 1. The number of carbonyl (C=O) groups is 2. The third-order valence-corrected chi connectivity index (χ3v) is 12.8. The summed E-state index contributed by atoms with van der Waals surface area (Å²) in [6.45, 7) is 46.0. The lowest BCUT2D eigenvalue weighted by molar-refractivity contribution is -0.124. The first kappa shape index (κ1) is 64.2. The first-order valence-corrected chi connectivity index (χ1v) is 26.7. The molecule has 4 rings (SSSR count). The van der Waals surface area contributed by atoms with Gasteiger partial charge in [-0.05, 0) is 150 Å².